The summed E-state index contributed by atoms with van der Waals surface area (Å²) >= 11 is 6.96. The summed E-state index contributed by atoms with van der Waals surface area (Å²) in [5.74, 6) is 0.723. The topological polar surface area (TPSA) is 39.2 Å². The van der Waals surface area contributed by atoms with E-state index in [1.807, 2.05) is 19.1 Å². The van der Waals surface area contributed by atoms with E-state index in [4.69, 9.17) is 16.3 Å². The van der Waals surface area contributed by atoms with Crippen LogP contribution in [-0.2, 0) is 5.41 Å². The first kappa shape index (κ1) is 15.0. The lowest BCUT2D eigenvalue weighted by atomic mass is 9.86. The third kappa shape index (κ3) is 3.19. The summed E-state index contributed by atoms with van der Waals surface area (Å²) in [5, 5.41) is 0.563. The van der Waals surface area contributed by atoms with Crippen LogP contribution in [0.3, 0.4) is 0 Å². The number of aromatic nitrogens is 1. The Morgan fingerprint density at radius 2 is 2.05 bits per heavy atom. The number of halogens is 1. The Labute approximate surface area is 127 Å². The molecular formula is C15H16ClNO2S. The normalized spacial score (nSPS) is 11.4. The van der Waals surface area contributed by atoms with E-state index >= 15 is 0 Å². The fourth-order valence-electron chi connectivity index (χ4n) is 1.74. The Bertz CT molecular complexity index is 644. The molecule has 0 saturated carbocycles. The van der Waals surface area contributed by atoms with E-state index in [2.05, 4.69) is 31.8 Å². The molecule has 0 aliphatic heterocycles. The van der Waals surface area contributed by atoms with Gasteiger partial charge in [-0.25, -0.2) is 0 Å². The summed E-state index contributed by atoms with van der Waals surface area (Å²) in [5.41, 5.74) is 2.36. The summed E-state index contributed by atoms with van der Waals surface area (Å²) in [7, 11) is 0. The maximum absolute atomic E-state index is 10.7. The number of nitrogens with zero attached hydrogens (tertiary/aromatic N) is 1. The highest BCUT2D eigenvalue weighted by Gasteiger charge is 2.16. The van der Waals surface area contributed by atoms with Crippen LogP contribution in [0.1, 0.15) is 41.6 Å². The number of carbonyl (C=O) groups excluding carboxylic acids is 1. The molecule has 0 fully saturated rings. The zero-order valence-corrected chi connectivity index (χ0v) is 13.4. The van der Waals surface area contributed by atoms with Crippen molar-refractivity contribution in [2.45, 2.75) is 33.1 Å². The van der Waals surface area contributed by atoms with Crippen LogP contribution in [0.15, 0.2) is 18.2 Å². The predicted octanol–water partition coefficient (Wildman–Crippen LogP) is 5.01. The minimum atomic E-state index is 0.0957. The molecule has 1 heterocycles. The van der Waals surface area contributed by atoms with E-state index in [1.54, 1.807) is 0 Å². The minimum absolute atomic E-state index is 0.0957. The third-order valence-corrected chi connectivity index (χ3v) is 4.19. The summed E-state index contributed by atoms with van der Waals surface area (Å²) in [6.07, 6.45) is 0.683. The Balaban J connectivity index is 2.27. The van der Waals surface area contributed by atoms with E-state index in [0.29, 0.717) is 16.4 Å². The largest absolute Gasteiger partial charge is 0.431 e. The summed E-state index contributed by atoms with van der Waals surface area (Å²) in [6, 6.07) is 6.06. The van der Waals surface area contributed by atoms with Gasteiger partial charge in [-0.15, -0.1) is 0 Å². The van der Waals surface area contributed by atoms with Gasteiger partial charge in [-0.1, -0.05) is 55.8 Å². The second kappa shape index (κ2) is 5.54. The highest BCUT2D eigenvalue weighted by atomic mass is 35.5. The number of carbonyl (C=O) groups is 1. The van der Waals surface area contributed by atoms with Crippen molar-refractivity contribution < 1.29 is 9.53 Å². The SMILES string of the molecule is Cc1cc(C(C)(C)C)ccc1Oc1nc(Cl)c(C=O)s1. The van der Waals surface area contributed by atoms with Crippen molar-refractivity contribution in [2.75, 3.05) is 0 Å². The molecule has 0 atom stereocenters. The van der Waals surface area contributed by atoms with Gasteiger partial charge in [0.2, 0.25) is 0 Å². The lowest BCUT2D eigenvalue weighted by Crippen LogP contribution is -2.11. The standard InChI is InChI=1S/C15H16ClNO2S/c1-9-7-10(15(2,3)4)5-6-11(9)19-14-17-13(16)12(8-18)20-14/h5-8H,1-4H3. The molecule has 0 unspecified atom stereocenters. The third-order valence-electron chi connectivity index (χ3n) is 2.94. The molecule has 0 spiro atoms. The molecule has 2 rings (SSSR count). The van der Waals surface area contributed by atoms with E-state index in [-0.39, 0.29) is 10.6 Å². The molecule has 0 saturated heterocycles. The summed E-state index contributed by atoms with van der Waals surface area (Å²) < 4.78 is 5.70. The number of hydrogen-bond donors (Lipinski definition) is 0. The van der Waals surface area contributed by atoms with Gasteiger partial charge in [0.15, 0.2) is 11.4 Å². The molecule has 0 aliphatic rings. The van der Waals surface area contributed by atoms with Crippen LogP contribution < -0.4 is 4.74 Å². The van der Waals surface area contributed by atoms with E-state index in [0.717, 1.165) is 22.6 Å². The van der Waals surface area contributed by atoms with Crippen molar-refractivity contribution in [2.24, 2.45) is 0 Å². The van der Waals surface area contributed by atoms with Crippen LogP contribution >= 0.6 is 22.9 Å². The first-order chi connectivity index (χ1) is 9.31. The van der Waals surface area contributed by atoms with Gasteiger partial charge in [-0.2, -0.15) is 4.98 Å². The molecule has 1 aromatic carbocycles. The minimum Gasteiger partial charge on any atom is -0.431 e. The average molecular weight is 310 g/mol. The molecule has 2 aromatic rings. The predicted molar refractivity (Wildman–Crippen MR) is 82.5 cm³/mol. The van der Waals surface area contributed by atoms with Crippen molar-refractivity contribution in [3.05, 3.63) is 39.4 Å². The van der Waals surface area contributed by atoms with Crippen LogP contribution in [0.2, 0.25) is 5.15 Å². The van der Waals surface area contributed by atoms with Crippen molar-refractivity contribution in [1.29, 1.82) is 0 Å². The average Bonchev–Trinajstić information content (AvgIpc) is 2.71. The van der Waals surface area contributed by atoms with Gasteiger partial charge in [0.05, 0.1) is 0 Å². The van der Waals surface area contributed by atoms with Gasteiger partial charge < -0.3 is 4.74 Å². The zero-order valence-electron chi connectivity index (χ0n) is 11.9. The van der Waals surface area contributed by atoms with Gasteiger partial charge in [-0.3, -0.25) is 4.79 Å². The molecule has 20 heavy (non-hydrogen) atoms. The molecule has 106 valence electrons. The number of ether oxygens (including phenoxy) is 1. The monoisotopic (exact) mass is 309 g/mol. The number of hydrogen-bond acceptors (Lipinski definition) is 4. The number of benzene rings is 1. The lowest BCUT2D eigenvalue weighted by Gasteiger charge is -2.20. The second-order valence-corrected chi connectivity index (χ2v) is 6.94. The van der Waals surface area contributed by atoms with Crippen molar-refractivity contribution in [3.63, 3.8) is 0 Å². The number of thiazole rings is 1. The Morgan fingerprint density at radius 3 is 2.55 bits per heavy atom. The number of rotatable bonds is 3. The van der Waals surface area contributed by atoms with E-state index < -0.39 is 0 Å². The van der Waals surface area contributed by atoms with Crippen LogP contribution in [-0.4, -0.2) is 11.3 Å². The highest BCUT2D eigenvalue weighted by Crippen LogP contribution is 2.34. The molecule has 0 aliphatic carbocycles. The molecule has 0 bridgehead atoms. The Morgan fingerprint density at radius 1 is 1.35 bits per heavy atom. The second-order valence-electron chi connectivity index (χ2n) is 5.59. The van der Waals surface area contributed by atoms with Crippen LogP contribution in [0.4, 0.5) is 0 Å². The van der Waals surface area contributed by atoms with Crippen LogP contribution in [0, 0.1) is 6.92 Å². The quantitative estimate of drug-likeness (QED) is 0.748. The molecular weight excluding hydrogens is 294 g/mol. The first-order valence-electron chi connectivity index (χ1n) is 6.22. The van der Waals surface area contributed by atoms with Gasteiger partial charge in [-0.05, 0) is 29.5 Å². The fourth-order valence-corrected chi connectivity index (χ4v) is 2.66. The molecule has 5 heteroatoms. The maximum atomic E-state index is 10.7. The summed E-state index contributed by atoms with van der Waals surface area (Å²) in [4.78, 5) is 15.1. The Kier molecular flexibility index (Phi) is 4.16. The van der Waals surface area contributed by atoms with Crippen LogP contribution in [0.25, 0.3) is 0 Å². The fraction of sp³-hybridized carbons (Fsp3) is 0.333. The van der Waals surface area contributed by atoms with E-state index in [9.17, 15) is 4.79 Å². The number of aryl methyl sites for hydroxylation is 1. The maximum Gasteiger partial charge on any atom is 0.280 e. The number of aldehydes is 1. The highest BCUT2D eigenvalue weighted by molar-refractivity contribution is 7.15. The first-order valence-corrected chi connectivity index (χ1v) is 7.41. The smallest absolute Gasteiger partial charge is 0.280 e. The zero-order chi connectivity index (χ0) is 14.9. The van der Waals surface area contributed by atoms with E-state index in [1.165, 1.54) is 5.56 Å². The van der Waals surface area contributed by atoms with Gasteiger partial charge in [0, 0.05) is 0 Å². The Hall–Kier alpha value is -1.39. The molecule has 0 radical (unpaired) electrons. The van der Waals surface area contributed by atoms with Crippen molar-refractivity contribution in [1.82, 2.24) is 4.98 Å². The molecule has 0 N–H and O–H groups in total. The summed E-state index contributed by atoms with van der Waals surface area (Å²) in [6.45, 7) is 8.48. The van der Waals surface area contributed by atoms with Gasteiger partial charge >= 0.3 is 0 Å². The van der Waals surface area contributed by atoms with Crippen molar-refractivity contribution >= 4 is 29.2 Å². The molecule has 1 aromatic heterocycles. The molecule has 0 amide bonds. The van der Waals surface area contributed by atoms with Crippen LogP contribution in [0.5, 0.6) is 10.9 Å². The van der Waals surface area contributed by atoms with Gasteiger partial charge in [0.1, 0.15) is 10.6 Å². The van der Waals surface area contributed by atoms with Crippen molar-refractivity contribution in [3.8, 4) is 10.9 Å². The van der Waals surface area contributed by atoms with Gasteiger partial charge in [0.25, 0.3) is 5.19 Å². The lowest BCUT2D eigenvalue weighted by molar-refractivity contribution is 0.112. The molecule has 3 nitrogen and oxygen atoms in total.